The molecule has 22 rings (SSSR count). The molecule has 0 heterocycles. The zero-order chi connectivity index (χ0) is 92.2. The summed E-state index contributed by atoms with van der Waals surface area (Å²) >= 11 is 0. The van der Waals surface area contributed by atoms with E-state index in [1.165, 1.54) is 334 Å². The van der Waals surface area contributed by atoms with Crippen molar-refractivity contribution >= 4 is 64.6 Å². The topological polar surface area (TPSA) is 0 Å². The molecule has 0 saturated carbocycles. The summed E-state index contributed by atoms with van der Waals surface area (Å²) in [6, 6.07) is 94.1. The van der Waals surface area contributed by atoms with Crippen LogP contribution >= 0.6 is 0 Å². The third kappa shape index (κ3) is 17.1. The van der Waals surface area contributed by atoms with Gasteiger partial charge in [-0.05, 0) is 552 Å². The summed E-state index contributed by atoms with van der Waals surface area (Å²) in [5.74, 6) is 0. The molecule has 0 aromatic heterocycles. The molecule has 0 atom stereocenters. The van der Waals surface area contributed by atoms with Crippen LogP contribution in [-0.2, 0) is 51.4 Å². The minimum Gasteiger partial charge on any atom is -0.0622 e. The molecule has 18 aromatic carbocycles. The Hall–Kier alpha value is -12.5. The van der Waals surface area contributed by atoms with Crippen LogP contribution in [0.5, 0.6) is 0 Å². The van der Waals surface area contributed by atoms with Crippen molar-refractivity contribution in [3.8, 4) is 77.9 Å². The minimum atomic E-state index is 1.25. The van der Waals surface area contributed by atoms with Gasteiger partial charge in [0.2, 0.25) is 0 Å². The number of aryl methyl sites for hydroxylation is 14. The Labute approximate surface area is 788 Å². The Bertz CT molecular complexity index is 6810. The molecular formula is C132H134. The largest absolute Gasteiger partial charge is 0.0622 e. The van der Waals surface area contributed by atoms with E-state index >= 15 is 0 Å². The first-order chi connectivity index (χ1) is 63.8. The van der Waals surface area contributed by atoms with Crippen LogP contribution in [0.25, 0.3) is 143 Å². The van der Waals surface area contributed by atoms with E-state index in [1.54, 1.807) is 66.8 Å². The smallest absolute Gasteiger partial charge is 0.00645 e. The van der Waals surface area contributed by atoms with Gasteiger partial charge in [-0.25, -0.2) is 0 Å². The van der Waals surface area contributed by atoms with Gasteiger partial charge in [0, 0.05) is 0 Å². The lowest BCUT2D eigenvalue weighted by Crippen LogP contribution is -2.12. The maximum absolute atomic E-state index is 2.48. The SMILES string of the molecule is Cc1cc2c(c(-c3c(C)c(C)cc4c3CCCC4)c1C)CCCC2.Cc1cc2c(c(-c3c(C)c(C)cc4c3CCCC4)c1C)CCCC2.Cc1cc2cc(-c3ccccc3)ccc2c(-c2c(C)c(C)cc3cc(-c4ccccc4)ccc23)c1C.Cc1cc2ccccc2c(-c2c(C)c(C)cc3ccccc23)c1C.Cc1cc2ccccc2c(-c2c(C)c(C)cc3ccccc23)c1C. The summed E-state index contributed by atoms with van der Waals surface area (Å²) in [6.07, 6.45) is 21.1. The number of hydrogen-bond acceptors (Lipinski definition) is 0. The van der Waals surface area contributed by atoms with Gasteiger partial charge in [-0.2, -0.15) is 0 Å². The van der Waals surface area contributed by atoms with E-state index in [9.17, 15) is 0 Å². The van der Waals surface area contributed by atoms with Crippen molar-refractivity contribution in [2.24, 2.45) is 0 Å². The number of rotatable bonds is 7. The van der Waals surface area contributed by atoms with Crippen molar-refractivity contribution in [3.63, 3.8) is 0 Å². The first-order valence-corrected chi connectivity index (χ1v) is 49.5. The molecule has 0 unspecified atom stereocenters. The maximum Gasteiger partial charge on any atom is -0.00645 e. The van der Waals surface area contributed by atoms with E-state index in [4.69, 9.17) is 0 Å². The second-order valence-corrected chi connectivity index (χ2v) is 39.8. The van der Waals surface area contributed by atoms with Gasteiger partial charge in [-0.3, -0.25) is 0 Å². The van der Waals surface area contributed by atoms with Crippen molar-refractivity contribution in [2.45, 2.75) is 241 Å². The molecule has 0 N–H and O–H groups in total. The van der Waals surface area contributed by atoms with Crippen LogP contribution in [0, 0.1) is 138 Å². The zero-order valence-corrected chi connectivity index (χ0v) is 82.6. The molecular weight excluding hydrogens is 1590 g/mol. The van der Waals surface area contributed by atoms with E-state index in [0.29, 0.717) is 0 Å². The molecule has 0 bridgehead atoms. The van der Waals surface area contributed by atoms with Crippen LogP contribution in [0.15, 0.2) is 255 Å². The van der Waals surface area contributed by atoms with Gasteiger partial charge in [0.05, 0.1) is 0 Å². The summed E-state index contributed by atoms with van der Waals surface area (Å²) in [5.41, 5.74) is 61.3. The third-order valence-corrected chi connectivity index (χ3v) is 31.7. The lowest BCUT2D eigenvalue weighted by Gasteiger charge is -2.29. The fraction of sp³-hybridized carbons (Fsp3) is 0.273. The molecule has 662 valence electrons. The monoisotopic (exact) mass is 1720 g/mol. The second-order valence-electron chi connectivity index (χ2n) is 39.8. The van der Waals surface area contributed by atoms with Gasteiger partial charge in [-0.15, -0.1) is 0 Å². The van der Waals surface area contributed by atoms with E-state index in [2.05, 4.69) is 393 Å². The Morgan fingerprint density at radius 3 is 0.553 bits per heavy atom. The molecule has 0 heteroatoms. The standard InChI is InChI=1S/C36H30.2C24H30.2C24H22/c1-23-19-31-21-29(27-11-7-5-8-12-27)15-17-33(31)35(25(23)3)36-26(4)24(2)20-32-22-30(16-18-34(32)36)28-13-9-6-10-14-28;4*1-15-13-19-9-5-7-11-21(19)23(17(15)3)24-18(4)16(2)14-20-10-6-8-12-22(20)24/h5-22H,1-4H3;2*13-14H,5-12H2,1-4H3;2*5-14H,1-4H3. The minimum absolute atomic E-state index is 1.25. The second kappa shape index (κ2) is 38.0. The van der Waals surface area contributed by atoms with Crippen LogP contribution in [-0.4, -0.2) is 0 Å². The first kappa shape index (κ1) is 90.1. The van der Waals surface area contributed by atoms with Crippen molar-refractivity contribution in [1.82, 2.24) is 0 Å². The maximum atomic E-state index is 2.48. The van der Waals surface area contributed by atoms with Gasteiger partial charge in [0.1, 0.15) is 0 Å². The highest BCUT2D eigenvalue weighted by molar-refractivity contribution is 6.12. The molecule has 18 aromatic rings. The van der Waals surface area contributed by atoms with Crippen molar-refractivity contribution in [3.05, 3.63) is 411 Å². The van der Waals surface area contributed by atoms with E-state index < -0.39 is 0 Å². The van der Waals surface area contributed by atoms with Crippen LogP contribution < -0.4 is 0 Å². The summed E-state index contributed by atoms with van der Waals surface area (Å²) in [4.78, 5) is 0. The average Bonchev–Trinajstić information content (AvgIpc) is 0.406. The van der Waals surface area contributed by atoms with E-state index in [1.807, 2.05) is 0 Å². The van der Waals surface area contributed by atoms with Crippen LogP contribution in [0.2, 0.25) is 0 Å². The molecule has 132 heavy (non-hydrogen) atoms. The lowest BCUT2D eigenvalue weighted by molar-refractivity contribution is 0.679. The first-order valence-electron chi connectivity index (χ1n) is 49.5. The summed E-state index contributed by atoms with van der Waals surface area (Å²) in [6.45, 7) is 45.6. The Morgan fingerprint density at radius 2 is 0.318 bits per heavy atom. The molecule has 0 amide bonds. The quantitative estimate of drug-likeness (QED) is 0.149. The Morgan fingerprint density at radius 1 is 0.136 bits per heavy atom. The summed E-state index contributed by atoms with van der Waals surface area (Å²) in [5, 5.41) is 15.9. The third-order valence-electron chi connectivity index (χ3n) is 31.7. The molecule has 0 aliphatic heterocycles. The van der Waals surface area contributed by atoms with Crippen LogP contribution in [0.3, 0.4) is 0 Å². The highest BCUT2D eigenvalue weighted by atomic mass is 14.3. The van der Waals surface area contributed by atoms with E-state index in [0.717, 1.165) is 0 Å². The van der Waals surface area contributed by atoms with Crippen LogP contribution in [0.1, 0.15) is 207 Å². The van der Waals surface area contributed by atoms with E-state index in [-0.39, 0.29) is 0 Å². The van der Waals surface area contributed by atoms with Gasteiger partial charge >= 0.3 is 0 Å². The normalized spacial score (nSPS) is 13.3. The lowest BCUT2D eigenvalue weighted by atomic mass is 9.76. The number of hydrogen-bond donors (Lipinski definition) is 0. The average molecular weight is 1720 g/mol. The van der Waals surface area contributed by atoms with Gasteiger partial charge < -0.3 is 0 Å². The fourth-order valence-electron chi connectivity index (χ4n) is 23.2. The van der Waals surface area contributed by atoms with Crippen molar-refractivity contribution < 1.29 is 0 Å². The van der Waals surface area contributed by atoms with Gasteiger partial charge in [0.25, 0.3) is 0 Å². The molecule has 4 aliphatic carbocycles. The zero-order valence-electron chi connectivity index (χ0n) is 82.6. The predicted octanol–water partition coefficient (Wildman–Crippen LogP) is 36.7. The molecule has 0 fully saturated rings. The summed E-state index contributed by atoms with van der Waals surface area (Å²) in [7, 11) is 0. The fourth-order valence-corrected chi connectivity index (χ4v) is 23.2. The highest BCUT2D eigenvalue weighted by Crippen LogP contribution is 2.50. The highest BCUT2D eigenvalue weighted by Gasteiger charge is 2.29. The molecule has 0 saturated heterocycles. The van der Waals surface area contributed by atoms with Crippen LogP contribution in [0.4, 0.5) is 0 Å². The molecule has 0 spiro atoms. The predicted molar refractivity (Wildman–Crippen MR) is 577 cm³/mol. The number of fused-ring (bicyclic) bond motifs is 10. The Balaban J connectivity index is 0.000000112. The molecule has 0 radical (unpaired) electrons. The number of benzene rings is 18. The van der Waals surface area contributed by atoms with Gasteiger partial charge in [0.15, 0.2) is 0 Å². The molecule has 0 nitrogen and oxygen atoms in total. The van der Waals surface area contributed by atoms with Crippen molar-refractivity contribution in [1.29, 1.82) is 0 Å². The van der Waals surface area contributed by atoms with Crippen molar-refractivity contribution in [2.75, 3.05) is 0 Å². The Kier molecular flexibility index (Phi) is 25.9. The summed E-state index contributed by atoms with van der Waals surface area (Å²) < 4.78 is 0. The van der Waals surface area contributed by atoms with Gasteiger partial charge in [-0.1, -0.05) is 243 Å². The molecule has 4 aliphatic rings.